The van der Waals surface area contributed by atoms with E-state index in [2.05, 4.69) is 23.6 Å². The van der Waals surface area contributed by atoms with Crippen molar-refractivity contribution in [3.63, 3.8) is 0 Å². The summed E-state index contributed by atoms with van der Waals surface area (Å²) in [5, 5.41) is 0. The number of hydrazine groups is 1. The molecule has 0 aliphatic carbocycles. The number of halogens is 2. The number of hydrogen-bond donors (Lipinski definition) is 2. The Balaban J connectivity index is 0. The molecule has 0 amide bonds. The first-order valence-electron chi connectivity index (χ1n) is 4.06. The van der Waals surface area contributed by atoms with Crippen LogP contribution in [0.5, 0.6) is 0 Å². The van der Waals surface area contributed by atoms with Crippen molar-refractivity contribution in [1.82, 2.24) is 5.43 Å². The predicted molar refractivity (Wildman–Crippen MR) is 66.0 cm³/mol. The van der Waals surface area contributed by atoms with Gasteiger partial charge in [-0.05, 0) is 12.0 Å². The monoisotopic (exact) mass is 234 g/mol. The van der Waals surface area contributed by atoms with E-state index in [0.717, 1.165) is 13.0 Å². The van der Waals surface area contributed by atoms with Gasteiger partial charge in [-0.3, -0.25) is 11.3 Å². The highest BCUT2D eigenvalue weighted by molar-refractivity contribution is 5.85. The van der Waals surface area contributed by atoms with Crippen LogP contribution in [0.15, 0.2) is 42.5 Å². The molecule has 0 unspecified atom stereocenters. The van der Waals surface area contributed by atoms with Crippen LogP contribution in [-0.4, -0.2) is 6.54 Å². The van der Waals surface area contributed by atoms with Gasteiger partial charge in [0.15, 0.2) is 0 Å². The maximum Gasteiger partial charge on any atom is 0.0278 e. The van der Waals surface area contributed by atoms with E-state index in [0.29, 0.717) is 0 Å². The number of rotatable bonds is 4. The minimum absolute atomic E-state index is 0. The normalized spacial score (nSPS) is 9.21. The summed E-state index contributed by atoms with van der Waals surface area (Å²) in [6.45, 7) is 0.729. The predicted octanol–water partition coefficient (Wildman–Crippen LogP) is 2.09. The summed E-state index contributed by atoms with van der Waals surface area (Å²) in [6, 6.07) is 10.3. The largest absolute Gasteiger partial charge is 0.271 e. The molecule has 0 aliphatic rings. The molecule has 3 N–H and O–H groups in total. The lowest BCUT2D eigenvalue weighted by Gasteiger charge is -1.93. The lowest BCUT2D eigenvalue weighted by molar-refractivity contribution is 0.821. The van der Waals surface area contributed by atoms with Crippen LogP contribution in [0.2, 0.25) is 0 Å². The van der Waals surface area contributed by atoms with Crippen molar-refractivity contribution in [2.45, 2.75) is 6.42 Å². The van der Waals surface area contributed by atoms with Crippen molar-refractivity contribution in [3.8, 4) is 0 Å². The standard InChI is InChI=1S/C10H14N2.2ClH/c11-12-9-5-4-8-10-6-2-1-3-7-10;;/h1-7,12H,8-9,11H2;2*1H. The number of allylic oxidation sites excluding steroid dienone is 1. The molecule has 14 heavy (non-hydrogen) atoms. The Morgan fingerprint density at radius 2 is 1.71 bits per heavy atom. The lowest BCUT2D eigenvalue weighted by atomic mass is 10.1. The lowest BCUT2D eigenvalue weighted by Crippen LogP contribution is -2.21. The third-order valence-corrected chi connectivity index (χ3v) is 1.60. The number of nitrogens with two attached hydrogens (primary N) is 1. The van der Waals surface area contributed by atoms with Crippen LogP contribution in [0.25, 0.3) is 0 Å². The SMILES string of the molecule is Cl.Cl.NNCC=CCc1ccccc1. The average Bonchev–Trinajstić information content (AvgIpc) is 2.14. The number of nitrogens with one attached hydrogen (secondary N) is 1. The fourth-order valence-electron chi connectivity index (χ4n) is 0.985. The van der Waals surface area contributed by atoms with E-state index in [4.69, 9.17) is 5.84 Å². The molecule has 0 saturated carbocycles. The first kappa shape index (κ1) is 15.9. The van der Waals surface area contributed by atoms with Crippen LogP contribution in [0, 0.1) is 0 Å². The summed E-state index contributed by atoms with van der Waals surface area (Å²) in [4.78, 5) is 0. The van der Waals surface area contributed by atoms with Gasteiger partial charge in [-0.15, -0.1) is 24.8 Å². The highest BCUT2D eigenvalue weighted by Gasteiger charge is 1.84. The van der Waals surface area contributed by atoms with E-state index < -0.39 is 0 Å². The van der Waals surface area contributed by atoms with Gasteiger partial charge in [0.1, 0.15) is 0 Å². The minimum Gasteiger partial charge on any atom is -0.271 e. The van der Waals surface area contributed by atoms with Gasteiger partial charge >= 0.3 is 0 Å². The molecule has 0 saturated heterocycles. The van der Waals surface area contributed by atoms with Gasteiger partial charge in [0.05, 0.1) is 0 Å². The van der Waals surface area contributed by atoms with Crippen molar-refractivity contribution >= 4 is 24.8 Å². The molecule has 1 aromatic rings. The van der Waals surface area contributed by atoms with Crippen molar-refractivity contribution < 1.29 is 0 Å². The number of hydrogen-bond acceptors (Lipinski definition) is 2. The molecule has 0 spiro atoms. The Bertz CT molecular complexity index is 237. The second-order valence-electron chi connectivity index (χ2n) is 2.57. The summed E-state index contributed by atoms with van der Waals surface area (Å²) >= 11 is 0. The van der Waals surface area contributed by atoms with Gasteiger partial charge in [-0.25, -0.2) is 0 Å². The molecular weight excluding hydrogens is 219 g/mol. The Labute approximate surface area is 97.4 Å². The molecule has 1 rings (SSSR count). The Hall–Kier alpha value is -0.540. The van der Waals surface area contributed by atoms with E-state index in [1.54, 1.807) is 0 Å². The maximum absolute atomic E-state index is 5.11. The van der Waals surface area contributed by atoms with Crippen LogP contribution >= 0.6 is 24.8 Å². The molecular formula is C10H16Cl2N2. The summed E-state index contributed by atoms with van der Waals surface area (Å²) in [5.74, 6) is 5.11. The van der Waals surface area contributed by atoms with Gasteiger partial charge in [-0.2, -0.15) is 0 Å². The topological polar surface area (TPSA) is 38.0 Å². The molecule has 80 valence electrons. The van der Waals surface area contributed by atoms with E-state index >= 15 is 0 Å². The maximum atomic E-state index is 5.11. The first-order chi connectivity index (χ1) is 5.93. The van der Waals surface area contributed by atoms with Gasteiger partial charge in [-0.1, -0.05) is 42.5 Å². The van der Waals surface area contributed by atoms with Crippen LogP contribution in [0.3, 0.4) is 0 Å². The zero-order chi connectivity index (χ0) is 8.65. The van der Waals surface area contributed by atoms with Crippen molar-refractivity contribution in [3.05, 3.63) is 48.0 Å². The Kier molecular flexibility index (Phi) is 12.0. The van der Waals surface area contributed by atoms with Crippen molar-refractivity contribution in [2.75, 3.05) is 6.54 Å². The average molecular weight is 235 g/mol. The van der Waals surface area contributed by atoms with Gasteiger partial charge in [0.2, 0.25) is 0 Å². The summed E-state index contributed by atoms with van der Waals surface area (Å²) < 4.78 is 0. The molecule has 4 heteroatoms. The van der Waals surface area contributed by atoms with Crippen molar-refractivity contribution in [1.29, 1.82) is 0 Å². The van der Waals surface area contributed by atoms with Crippen LogP contribution < -0.4 is 11.3 Å². The van der Waals surface area contributed by atoms with E-state index in [-0.39, 0.29) is 24.8 Å². The third kappa shape index (κ3) is 6.92. The van der Waals surface area contributed by atoms with E-state index in [1.165, 1.54) is 5.56 Å². The molecule has 2 nitrogen and oxygen atoms in total. The highest BCUT2D eigenvalue weighted by Crippen LogP contribution is 1.99. The second kappa shape index (κ2) is 10.5. The molecule has 0 bridgehead atoms. The molecule has 1 aromatic carbocycles. The number of benzene rings is 1. The Morgan fingerprint density at radius 3 is 2.29 bits per heavy atom. The van der Waals surface area contributed by atoms with E-state index in [1.807, 2.05) is 24.3 Å². The smallest absolute Gasteiger partial charge is 0.0278 e. The van der Waals surface area contributed by atoms with E-state index in [9.17, 15) is 0 Å². The fraction of sp³-hybridized carbons (Fsp3) is 0.200. The van der Waals surface area contributed by atoms with Crippen molar-refractivity contribution in [2.24, 2.45) is 5.84 Å². The van der Waals surface area contributed by atoms with Crippen LogP contribution in [-0.2, 0) is 6.42 Å². The third-order valence-electron chi connectivity index (χ3n) is 1.60. The quantitative estimate of drug-likeness (QED) is 0.476. The molecule has 0 fully saturated rings. The summed E-state index contributed by atoms with van der Waals surface area (Å²) in [7, 11) is 0. The Morgan fingerprint density at radius 1 is 1.07 bits per heavy atom. The van der Waals surface area contributed by atoms with Gasteiger partial charge in [0, 0.05) is 6.54 Å². The first-order valence-corrected chi connectivity index (χ1v) is 4.06. The zero-order valence-corrected chi connectivity index (χ0v) is 9.48. The molecule has 0 aliphatic heterocycles. The highest BCUT2D eigenvalue weighted by atomic mass is 35.5. The molecule has 0 radical (unpaired) electrons. The van der Waals surface area contributed by atoms with Crippen LogP contribution in [0.1, 0.15) is 5.56 Å². The molecule has 0 aromatic heterocycles. The van der Waals surface area contributed by atoms with Gasteiger partial charge in [0.25, 0.3) is 0 Å². The summed E-state index contributed by atoms with van der Waals surface area (Å²) in [6.07, 6.45) is 5.10. The molecule has 0 heterocycles. The fourth-order valence-corrected chi connectivity index (χ4v) is 0.985. The minimum atomic E-state index is 0. The zero-order valence-electron chi connectivity index (χ0n) is 7.85. The second-order valence-corrected chi connectivity index (χ2v) is 2.57. The van der Waals surface area contributed by atoms with Crippen LogP contribution in [0.4, 0.5) is 0 Å². The molecule has 0 atom stereocenters. The van der Waals surface area contributed by atoms with Gasteiger partial charge < -0.3 is 0 Å². The summed E-state index contributed by atoms with van der Waals surface area (Å²) in [5.41, 5.74) is 3.89.